The first kappa shape index (κ1) is 24.1. The number of furan rings is 1. The van der Waals surface area contributed by atoms with Crippen LogP contribution in [0, 0.1) is 5.41 Å². The first-order valence-corrected chi connectivity index (χ1v) is 12.5. The second kappa shape index (κ2) is 10.4. The summed E-state index contributed by atoms with van der Waals surface area (Å²) in [6.07, 6.45) is 6.55. The third-order valence-electron chi connectivity index (χ3n) is 6.23. The molecule has 0 aliphatic carbocycles. The van der Waals surface area contributed by atoms with Crippen molar-refractivity contribution in [2.75, 3.05) is 12.0 Å². The van der Waals surface area contributed by atoms with E-state index in [0.717, 1.165) is 35.5 Å². The Morgan fingerprint density at radius 2 is 2.00 bits per heavy atom. The molecule has 0 amide bonds. The van der Waals surface area contributed by atoms with E-state index in [9.17, 15) is 14.7 Å². The minimum absolute atomic E-state index is 0.0269. The van der Waals surface area contributed by atoms with Gasteiger partial charge >= 0.3 is 5.97 Å². The number of nitrogens with zero attached hydrogens (tertiary/aromatic N) is 2. The highest BCUT2D eigenvalue weighted by atomic mass is 32.2. The minimum Gasteiger partial charge on any atom is -0.481 e. The van der Waals surface area contributed by atoms with Crippen molar-refractivity contribution in [1.29, 1.82) is 0 Å². The largest absolute Gasteiger partial charge is 0.481 e. The van der Waals surface area contributed by atoms with Gasteiger partial charge in [-0.2, -0.15) is 11.8 Å². The number of ketones is 1. The van der Waals surface area contributed by atoms with Crippen LogP contribution in [0.2, 0.25) is 0 Å². The van der Waals surface area contributed by atoms with Gasteiger partial charge in [0, 0.05) is 18.0 Å². The van der Waals surface area contributed by atoms with Gasteiger partial charge in [-0.05, 0) is 68.5 Å². The lowest BCUT2D eigenvalue weighted by Crippen LogP contribution is -2.31. The standard InChI is InChI=1S/C25H32N2O4S/c1-5-18(6-2)27-21-10-9-17(22(28)16-25(3,24(29)30)11-13-32-4)14-20(21)26-23(27)15-19-8-7-12-31-19/h7-10,12,14,18H,5-6,11,13,15-16H2,1-4H3,(H,29,30). The predicted molar refractivity (Wildman–Crippen MR) is 129 cm³/mol. The van der Waals surface area contributed by atoms with E-state index in [0.29, 0.717) is 30.2 Å². The van der Waals surface area contributed by atoms with Gasteiger partial charge in [0.05, 0.1) is 29.1 Å². The fraction of sp³-hybridized carbons (Fsp3) is 0.480. The Kier molecular flexibility index (Phi) is 7.82. The summed E-state index contributed by atoms with van der Waals surface area (Å²) < 4.78 is 7.80. The second-order valence-corrected chi connectivity index (χ2v) is 9.52. The SMILES string of the molecule is CCC(CC)n1c(Cc2ccco2)nc2cc(C(=O)CC(C)(CCSC)C(=O)O)ccc21. The van der Waals surface area contributed by atoms with Crippen molar-refractivity contribution in [3.63, 3.8) is 0 Å². The molecule has 3 aromatic rings. The summed E-state index contributed by atoms with van der Waals surface area (Å²) in [6, 6.07) is 9.66. The third kappa shape index (κ3) is 5.09. The number of imidazole rings is 1. The van der Waals surface area contributed by atoms with Gasteiger partial charge in [-0.3, -0.25) is 9.59 Å². The minimum atomic E-state index is -1.08. The highest BCUT2D eigenvalue weighted by Gasteiger charge is 2.35. The summed E-state index contributed by atoms with van der Waals surface area (Å²) in [4.78, 5) is 29.8. The summed E-state index contributed by atoms with van der Waals surface area (Å²) in [5.74, 6) is 1.35. The number of rotatable bonds is 12. The van der Waals surface area contributed by atoms with Crippen LogP contribution in [0.15, 0.2) is 41.0 Å². The van der Waals surface area contributed by atoms with Crippen molar-refractivity contribution in [2.45, 2.75) is 58.9 Å². The molecule has 0 aliphatic heterocycles. The molecule has 0 saturated carbocycles. The van der Waals surface area contributed by atoms with E-state index in [2.05, 4.69) is 18.4 Å². The average Bonchev–Trinajstić information content (AvgIpc) is 3.41. The lowest BCUT2D eigenvalue weighted by molar-refractivity contribution is -0.147. The maximum atomic E-state index is 13.0. The normalized spacial score (nSPS) is 13.5. The molecule has 6 nitrogen and oxygen atoms in total. The number of carbonyl (C=O) groups excluding carboxylic acids is 1. The number of fused-ring (bicyclic) bond motifs is 1. The van der Waals surface area contributed by atoms with Crippen LogP contribution in [-0.2, 0) is 11.2 Å². The number of carbonyl (C=O) groups is 2. The van der Waals surface area contributed by atoms with Crippen molar-refractivity contribution in [2.24, 2.45) is 5.41 Å². The highest BCUT2D eigenvalue weighted by Crippen LogP contribution is 2.32. The number of hydrogen-bond acceptors (Lipinski definition) is 5. The number of hydrogen-bond donors (Lipinski definition) is 1. The number of Topliss-reactive ketones (excluding diaryl/α,β-unsaturated/α-hetero) is 1. The quantitative estimate of drug-likeness (QED) is 0.337. The number of carboxylic acid groups (broad SMARTS) is 1. The van der Waals surface area contributed by atoms with Crippen LogP contribution in [0.3, 0.4) is 0 Å². The number of aromatic nitrogens is 2. The van der Waals surface area contributed by atoms with Crippen molar-refractivity contribution in [1.82, 2.24) is 9.55 Å². The van der Waals surface area contributed by atoms with Crippen LogP contribution in [0.1, 0.15) is 74.4 Å². The fourth-order valence-electron chi connectivity index (χ4n) is 4.13. The van der Waals surface area contributed by atoms with E-state index in [1.165, 1.54) is 0 Å². The molecule has 7 heteroatoms. The zero-order chi connectivity index (χ0) is 23.3. The Bertz CT molecular complexity index is 1070. The number of carboxylic acids is 1. The van der Waals surface area contributed by atoms with E-state index in [1.807, 2.05) is 24.5 Å². The molecule has 32 heavy (non-hydrogen) atoms. The molecule has 1 aromatic carbocycles. The molecule has 3 rings (SSSR count). The monoisotopic (exact) mass is 456 g/mol. The number of aliphatic carboxylic acids is 1. The molecule has 2 aromatic heterocycles. The first-order chi connectivity index (χ1) is 15.3. The van der Waals surface area contributed by atoms with Crippen molar-refractivity contribution in [3.8, 4) is 0 Å². The Labute approximate surface area is 193 Å². The van der Waals surface area contributed by atoms with Crippen LogP contribution >= 0.6 is 11.8 Å². The molecule has 2 heterocycles. The van der Waals surface area contributed by atoms with E-state index >= 15 is 0 Å². The van der Waals surface area contributed by atoms with E-state index in [-0.39, 0.29) is 12.2 Å². The smallest absolute Gasteiger partial charge is 0.309 e. The van der Waals surface area contributed by atoms with Gasteiger partial charge < -0.3 is 14.1 Å². The summed E-state index contributed by atoms with van der Waals surface area (Å²) >= 11 is 1.59. The highest BCUT2D eigenvalue weighted by molar-refractivity contribution is 7.98. The summed E-state index contributed by atoms with van der Waals surface area (Å²) in [5.41, 5.74) is 1.17. The first-order valence-electron chi connectivity index (χ1n) is 11.1. The molecule has 172 valence electrons. The molecule has 0 saturated heterocycles. The van der Waals surface area contributed by atoms with Crippen molar-refractivity contribution < 1.29 is 19.1 Å². The van der Waals surface area contributed by atoms with Crippen LogP contribution in [0.5, 0.6) is 0 Å². The number of thioether (sulfide) groups is 1. The molecular weight excluding hydrogens is 424 g/mol. The zero-order valence-electron chi connectivity index (χ0n) is 19.3. The molecule has 1 atom stereocenters. The molecule has 1 N–H and O–H groups in total. The number of benzene rings is 1. The Balaban J connectivity index is 1.97. The molecule has 0 aliphatic rings. The zero-order valence-corrected chi connectivity index (χ0v) is 20.1. The molecule has 1 unspecified atom stereocenters. The van der Waals surface area contributed by atoms with Crippen LogP contribution < -0.4 is 0 Å². The average molecular weight is 457 g/mol. The van der Waals surface area contributed by atoms with Gasteiger partial charge in [-0.25, -0.2) is 4.98 Å². The van der Waals surface area contributed by atoms with Gasteiger partial charge in [0.15, 0.2) is 5.78 Å². The molecule has 0 radical (unpaired) electrons. The predicted octanol–water partition coefficient (Wildman–Crippen LogP) is 6.00. The fourth-order valence-corrected chi connectivity index (χ4v) is 4.79. The van der Waals surface area contributed by atoms with Gasteiger partial charge in [0.2, 0.25) is 0 Å². The maximum absolute atomic E-state index is 13.0. The van der Waals surface area contributed by atoms with Gasteiger partial charge in [0.1, 0.15) is 11.6 Å². The lowest BCUT2D eigenvalue weighted by atomic mass is 9.81. The molecule has 0 spiro atoms. The van der Waals surface area contributed by atoms with Gasteiger partial charge in [0.25, 0.3) is 0 Å². The summed E-state index contributed by atoms with van der Waals surface area (Å²) in [6.45, 7) is 5.98. The summed E-state index contributed by atoms with van der Waals surface area (Å²) in [7, 11) is 0. The maximum Gasteiger partial charge on any atom is 0.309 e. The molecule has 0 bridgehead atoms. The van der Waals surface area contributed by atoms with Crippen LogP contribution in [0.25, 0.3) is 11.0 Å². The molecule has 0 fully saturated rings. The van der Waals surface area contributed by atoms with Crippen molar-refractivity contribution >= 4 is 34.5 Å². The van der Waals surface area contributed by atoms with E-state index in [1.54, 1.807) is 37.1 Å². The summed E-state index contributed by atoms with van der Waals surface area (Å²) in [5, 5.41) is 9.72. The van der Waals surface area contributed by atoms with Gasteiger partial charge in [-0.1, -0.05) is 13.8 Å². The Morgan fingerprint density at radius 3 is 2.59 bits per heavy atom. The Morgan fingerprint density at radius 1 is 1.25 bits per heavy atom. The van der Waals surface area contributed by atoms with Gasteiger partial charge in [-0.15, -0.1) is 0 Å². The van der Waals surface area contributed by atoms with Crippen LogP contribution in [0.4, 0.5) is 0 Å². The topological polar surface area (TPSA) is 85.3 Å². The third-order valence-corrected chi connectivity index (χ3v) is 6.84. The van der Waals surface area contributed by atoms with E-state index < -0.39 is 11.4 Å². The Hall–Kier alpha value is -2.54. The van der Waals surface area contributed by atoms with Crippen LogP contribution in [-0.4, -0.2) is 38.4 Å². The molecular formula is C25H32N2O4S. The lowest BCUT2D eigenvalue weighted by Gasteiger charge is -2.23. The van der Waals surface area contributed by atoms with E-state index in [4.69, 9.17) is 9.40 Å². The van der Waals surface area contributed by atoms with Crippen molar-refractivity contribution in [3.05, 3.63) is 53.7 Å². The second-order valence-electron chi connectivity index (χ2n) is 8.54.